The van der Waals surface area contributed by atoms with Crippen molar-refractivity contribution in [2.45, 2.75) is 19.4 Å². The molecule has 0 saturated carbocycles. The third-order valence-corrected chi connectivity index (χ3v) is 3.31. The first-order valence-corrected chi connectivity index (χ1v) is 6.47. The summed E-state index contributed by atoms with van der Waals surface area (Å²) in [5.41, 5.74) is 0.468. The lowest BCUT2D eigenvalue weighted by atomic mass is 10.0. The summed E-state index contributed by atoms with van der Waals surface area (Å²) in [5, 5.41) is 2.84. The zero-order valence-corrected chi connectivity index (χ0v) is 12.5. The number of benzene rings is 1. The molecule has 1 aromatic carbocycles. The molecule has 0 radical (unpaired) electrons. The van der Waals surface area contributed by atoms with Crippen molar-refractivity contribution in [3.05, 3.63) is 29.8 Å². The van der Waals surface area contributed by atoms with Crippen LogP contribution in [0.15, 0.2) is 24.3 Å². The van der Waals surface area contributed by atoms with Crippen molar-refractivity contribution in [1.29, 1.82) is 0 Å². The van der Waals surface area contributed by atoms with Crippen LogP contribution in [0.25, 0.3) is 0 Å². The van der Waals surface area contributed by atoms with Gasteiger partial charge in [-0.15, -0.1) is 0 Å². The van der Waals surface area contributed by atoms with Crippen molar-refractivity contribution < 1.29 is 14.3 Å². The van der Waals surface area contributed by atoms with E-state index in [0.717, 1.165) is 6.29 Å². The fourth-order valence-electron chi connectivity index (χ4n) is 1.32. The van der Waals surface area contributed by atoms with Crippen LogP contribution in [0.1, 0.15) is 24.2 Å². The number of likely N-dealkylation sites (N-methyl/N-ethyl adjacent to an activating group) is 1. The summed E-state index contributed by atoms with van der Waals surface area (Å²) in [4.78, 5) is 24.3. The van der Waals surface area contributed by atoms with Gasteiger partial charge in [0.25, 0.3) is 5.91 Å². The first-order chi connectivity index (χ1) is 9.35. The van der Waals surface area contributed by atoms with Crippen LogP contribution < -0.4 is 10.1 Å². The standard InChI is InChI=1S/C15H22N2O3/c1-15(2,17(3)4)11-16-14(19)10-20-13-7-5-12(9-18)6-8-13/h5-9H,10-11H2,1-4H3,(H,16,19). The van der Waals surface area contributed by atoms with Gasteiger partial charge in [-0.25, -0.2) is 0 Å². The van der Waals surface area contributed by atoms with Crippen LogP contribution in [-0.4, -0.2) is 49.9 Å². The molecule has 0 spiro atoms. The molecule has 20 heavy (non-hydrogen) atoms. The quantitative estimate of drug-likeness (QED) is 0.765. The molecule has 0 bridgehead atoms. The summed E-state index contributed by atoms with van der Waals surface area (Å²) in [7, 11) is 3.94. The third kappa shape index (κ3) is 5.01. The molecule has 5 nitrogen and oxygen atoms in total. The maximum absolute atomic E-state index is 11.7. The molecule has 0 heterocycles. The normalized spacial score (nSPS) is 11.2. The molecule has 1 amide bonds. The van der Waals surface area contributed by atoms with Crippen molar-refractivity contribution in [3.63, 3.8) is 0 Å². The fraction of sp³-hybridized carbons (Fsp3) is 0.467. The predicted molar refractivity (Wildman–Crippen MR) is 78.1 cm³/mol. The van der Waals surface area contributed by atoms with Crippen molar-refractivity contribution >= 4 is 12.2 Å². The first kappa shape index (κ1) is 16.2. The molecule has 0 aliphatic carbocycles. The van der Waals surface area contributed by atoms with Gasteiger partial charge in [-0.3, -0.25) is 9.59 Å². The Morgan fingerprint density at radius 3 is 2.40 bits per heavy atom. The van der Waals surface area contributed by atoms with Crippen molar-refractivity contribution in [3.8, 4) is 5.75 Å². The summed E-state index contributed by atoms with van der Waals surface area (Å²) < 4.78 is 5.35. The first-order valence-electron chi connectivity index (χ1n) is 6.47. The van der Waals surface area contributed by atoms with E-state index >= 15 is 0 Å². The molecule has 0 atom stereocenters. The lowest BCUT2D eigenvalue weighted by Crippen LogP contribution is -2.48. The SMILES string of the molecule is CN(C)C(C)(C)CNC(=O)COc1ccc(C=O)cc1. The van der Waals surface area contributed by atoms with Gasteiger partial charge in [-0.1, -0.05) is 0 Å². The zero-order valence-electron chi connectivity index (χ0n) is 12.5. The van der Waals surface area contributed by atoms with E-state index in [-0.39, 0.29) is 18.1 Å². The Morgan fingerprint density at radius 2 is 1.90 bits per heavy atom. The Labute approximate surface area is 119 Å². The Hall–Kier alpha value is -1.88. The van der Waals surface area contributed by atoms with E-state index in [1.54, 1.807) is 24.3 Å². The molecular formula is C15H22N2O3. The molecule has 110 valence electrons. The van der Waals surface area contributed by atoms with Gasteiger partial charge in [0, 0.05) is 17.6 Å². The molecule has 0 aromatic heterocycles. The summed E-state index contributed by atoms with van der Waals surface area (Å²) in [6.45, 7) is 4.61. The van der Waals surface area contributed by atoms with Gasteiger partial charge in [0.2, 0.25) is 0 Å². The molecule has 0 aliphatic rings. The van der Waals surface area contributed by atoms with E-state index in [9.17, 15) is 9.59 Å². The van der Waals surface area contributed by atoms with Crippen LogP contribution in [-0.2, 0) is 4.79 Å². The van der Waals surface area contributed by atoms with Gasteiger partial charge >= 0.3 is 0 Å². The third-order valence-electron chi connectivity index (χ3n) is 3.31. The van der Waals surface area contributed by atoms with E-state index in [2.05, 4.69) is 5.32 Å². The van der Waals surface area contributed by atoms with Crippen molar-refractivity contribution in [2.75, 3.05) is 27.2 Å². The van der Waals surface area contributed by atoms with E-state index in [1.807, 2.05) is 32.8 Å². The summed E-state index contributed by atoms with van der Waals surface area (Å²) >= 11 is 0. The molecule has 1 aromatic rings. The highest BCUT2D eigenvalue weighted by Crippen LogP contribution is 2.11. The van der Waals surface area contributed by atoms with Gasteiger partial charge in [0.15, 0.2) is 6.61 Å². The summed E-state index contributed by atoms with van der Waals surface area (Å²) in [6.07, 6.45) is 0.764. The smallest absolute Gasteiger partial charge is 0.258 e. The Kier molecular flexibility index (Phi) is 5.70. The highest BCUT2D eigenvalue weighted by atomic mass is 16.5. The molecule has 0 aliphatic heterocycles. The number of rotatable bonds is 7. The number of carbonyl (C=O) groups excluding carboxylic acids is 2. The fourth-order valence-corrected chi connectivity index (χ4v) is 1.32. The van der Waals surface area contributed by atoms with E-state index in [1.165, 1.54) is 0 Å². The molecule has 1 rings (SSSR count). The van der Waals surface area contributed by atoms with Crippen molar-refractivity contribution in [2.24, 2.45) is 0 Å². The Bertz CT molecular complexity index is 453. The van der Waals surface area contributed by atoms with E-state index < -0.39 is 0 Å². The maximum Gasteiger partial charge on any atom is 0.258 e. The maximum atomic E-state index is 11.7. The molecule has 0 fully saturated rings. The minimum absolute atomic E-state index is 0.0378. The van der Waals surface area contributed by atoms with Gasteiger partial charge in [0.05, 0.1) is 0 Å². The number of hydrogen-bond donors (Lipinski definition) is 1. The van der Waals surface area contributed by atoms with Gasteiger partial charge in [-0.05, 0) is 52.2 Å². The molecule has 5 heteroatoms. The Morgan fingerprint density at radius 1 is 1.30 bits per heavy atom. The number of ether oxygens (including phenoxy) is 1. The van der Waals surface area contributed by atoms with Gasteiger partial charge < -0.3 is 15.0 Å². The second-order valence-corrected chi connectivity index (χ2v) is 5.46. The monoisotopic (exact) mass is 278 g/mol. The van der Waals surface area contributed by atoms with E-state index in [4.69, 9.17) is 4.74 Å². The van der Waals surface area contributed by atoms with Crippen LogP contribution in [0, 0.1) is 0 Å². The van der Waals surface area contributed by atoms with Crippen LogP contribution >= 0.6 is 0 Å². The lowest BCUT2D eigenvalue weighted by Gasteiger charge is -2.32. The van der Waals surface area contributed by atoms with Crippen LogP contribution in [0.2, 0.25) is 0 Å². The number of amides is 1. The number of nitrogens with zero attached hydrogens (tertiary/aromatic N) is 1. The van der Waals surface area contributed by atoms with Gasteiger partial charge in [-0.2, -0.15) is 0 Å². The minimum atomic E-state index is -0.167. The molecule has 0 unspecified atom stereocenters. The number of carbonyl (C=O) groups is 2. The average molecular weight is 278 g/mol. The summed E-state index contributed by atoms with van der Waals surface area (Å²) in [6, 6.07) is 6.63. The largest absolute Gasteiger partial charge is 0.484 e. The zero-order chi connectivity index (χ0) is 15.2. The van der Waals surface area contributed by atoms with E-state index in [0.29, 0.717) is 17.9 Å². The topological polar surface area (TPSA) is 58.6 Å². The predicted octanol–water partition coefficient (Wildman–Crippen LogP) is 1.33. The molecule has 0 saturated heterocycles. The highest BCUT2D eigenvalue weighted by molar-refractivity contribution is 5.77. The number of nitrogens with one attached hydrogen (secondary N) is 1. The number of aldehydes is 1. The second-order valence-electron chi connectivity index (χ2n) is 5.46. The number of hydrogen-bond acceptors (Lipinski definition) is 4. The molecular weight excluding hydrogens is 256 g/mol. The second kappa shape index (κ2) is 7.05. The van der Waals surface area contributed by atoms with Crippen LogP contribution in [0.5, 0.6) is 5.75 Å². The lowest BCUT2D eigenvalue weighted by molar-refractivity contribution is -0.123. The van der Waals surface area contributed by atoms with Crippen LogP contribution in [0.4, 0.5) is 0 Å². The van der Waals surface area contributed by atoms with Crippen LogP contribution in [0.3, 0.4) is 0 Å². The minimum Gasteiger partial charge on any atom is -0.484 e. The van der Waals surface area contributed by atoms with Crippen molar-refractivity contribution in [1.82, 2.24) is 10.2 Å². The highest BCUT2D eigenvalue weighted by Gasteiger charge is 2.20. The van der Waals surface area contributed by atoms with Gasteiger partial charge in [0.1, 0.15) is 12.0 Å². The molecule has 1 N–H and O–H groups in total. The summed E-state index contributed by atoms with van der Waals surface area (Å²) in [5.74, 6) is 0.400. The Balaban J connectivity index is 2.37. The average Bonchev–Trinajstić information content (AvgIpc) is 2.43.